The van der Waals surface area contributed by atoms with Crippen LogP contribution in [0.2, 0.25) is 0 Å². The molecular weight excluding hydrogens is 741 g/mol. The van der Waals surface area contributed by atoms with Gasteiger partial charge in [0, 0.05) is 29.2 Å². The summed E-state index contributed by atoms with van der Waals surface area (Å²) in [6, 6.07) is 4.64. The minimum absolute atomic E-state index is 0.0747. The number of rotatable bonds is 7. The molecule has 2 aromatic rings. The Morgan fingerprint density at radius 1 is 1.09 bits per heavy atom. The van der Waals surface area contributed by atoms with Crippen molar-refractivity contribution in [2.45, 2.75) is 125 Å². The maximum atomic E-state index is 14.9. The van der Waals surface area contributed by atoms with Gasteiger partial charge in [-0.15, -0.1) is 0 Å². The van der Waals surface area contributed by atoms with Gasteiger partial charge < -0.3 is 29.2 Å². The molecule has 4 aliphatic heterocycles. The van der Waals surface area contributed by atoms with Crippen LogP contribution < -0.4 is 19.5 Å². The fourth-order valence-electron chi connectivity index (χ4n) is 8.90. The maximum absolute atomic E-state index is 14.9. The van der Waals surface area contributed by atoms with Crippen molar-refractivity contribution in [2.75, 3.05) is 26.9 Å². The van der Waals surface area contributed by atoms with Crippen molar-refractivity contribution in [3.63, 3.8) is 0 Å². The molecule has 56 heavy (non-hydrogen) atoms. The molecule has 302 valence electrons. The lowest BCUT2D eigenvalue weighted by molar-refractivity contribution is -0.207. The van der Waals surface area contributed by atoms with Crippen LogP contribution in [0.25, 0.3) is 10.9 Å². The van der Waals surface area contributed by atoms with E-state index in [0.717, 1.165) is 29.3 Å². The number of nitrogens with one attached hydrogen (secondary N) is 2. The number of amides is 3. The van der Waals surface area contributed by atoms with E-state index in [1.54, 1.807) is 21.0 Å². The van der Waals surface area contributed by atoms with Crippen molar-refractivity contribution < 1.29 is 46.5 Å². The van der Waals surface area contributed by atoms with E-state index >= 15 is 0 Å². The van der Waals surface area contributed by atoms with Gasteiger partial charge in [-0.25, -0.2) is 13.4 Å². The van der Waals surface area contributed by atoms with Crippen LogP contribution in [-0.2, 0) is 45.1 Å². The van der Waals surface area contributed by atoms with Gasteiger partial charge in [0.15, 0.2) is 5.60 Å². The normalized spacial score (nSPS) is 31.2. The Bertz CT molecular complexity index is 2110. The molecule has 4 fully saturated rings. The van der Waals surface area contributed by atoms with Crippen LogP contribution in [0.3, 0.4) is 0 Å². The summed E-state index contributed by atoms with van der Waals surface area (Å²) in [6.45, 7) is 5.92. The van der Waals surface area contributed by atoms with Crippen LogP contribution in [0.5, 0.6) is 11.5 Å². The molecule has 8 rings (SSSR count). The molecule has 0 bridgehead atoms. The molecular formula is C41H52N4O10S. The van der Waals surface area contributed by atoms with Gasteiger partial charge >= 0.3 is 5.97 Å². The van der Waals surface area contributed by atoms with E-state index in [1.165, 1.54) is 4.90 Å². The van der Waals surface area contributed by atoms with Crippen molar-refractivity contribution >= 4 is 44.6 Å². The Hall–Kier alpha value is -4.24. The number of esters is 1. The number of carbonyl (C=O) groups excluding carboxylic acids is 4. The smallest absolute Gasteiger partial charge is 0.307 e. The predicted molar refractivity (Wildman–Crippen MR) is 204 cm³/mol. The number of aryl methyl sites for hydroxylation is 2. The molecule has 14 nitrogen and oxygen atoms in total. The Morgan fingerprint density at radius 2 is 1.88 bits per heavy atom. The lowest BCUT2D eigenvalue weighted by atomic mass is 9.87. The van der Waals surface area contributed by atoms with Crippen LogP contribution in [0, 0.1) is 18.8 Å². The summed E-state index contributed by atoms with van der Waals surface area (Å²) in [6.07, 6.45) is 9.48. The number of nitrogens with zero attached hydrogens (tertiary/aromatic N) is 2. The number of pyridine rings is 1. The van der Waals surface area contributed by atoms with Crippen LogP contribution >= 0.6 is 0 Å². The predicted octanol–water partition coefficient (Wildman–Crippen LogP) is 3.95. The van der Waals surface area contributed by atoms with E-state index in [-0.39, 0.29) is 44.9 Å². The molecule has 2 saturated carbocycles. The van der Waals surface area contributed by atoms with E-state index in [0.29, 0.717) is 62.1 Å². The monoisotopic (exact) mass is 792 g/mol. The first-order valence-electron chi connectivity index (χ1n) is 19.9. The summed E-state index contributed by atoms with van der Waals surface area (Å²) < 4.78 is 51.2. The van der Waals surface area contributed by atoms with E-state index < -0.39 is 67.2 Å². The minimum atomic E-state index is -3.99. The third-order valence-electron chi connectivity index (χ3n) is 12.9. The van der Waals surface area contributed by atoms with Crippen LogP contribution in [0.1, 0.15) is 95.7 Å². The number of hydrogen-bond donors (Lipinski definition) is 2. The van der Waals surface area contributed by atoms with Gasteiger partial charge in [-0.2, -0.15) is 0 Å². The summed E-state index contributed by atoms with van der Waals surface area (Å²) in [5, 5.41) is 3.87. The van der Waals surface area contributed by atoms with Gasteiger partial charge in [0.1, 0.15) is 28.7 Å². The summed E-state index contributed by atoms with van der Waals surface area (Å²) in [5.41, 5.74) is -0.755. The quantitative estimate of drug-likeness (QED) is 0.307. The zero-order chi connectivity index (χ0) is 39.7. The SMILES string of the molecule is COc1ccc2nc(C)c3c(c2c1)CC[C@]1(C[C@H]2C(=O)N[C@]4(C(=O)NS(=O)(=O)C5(C)CC5)C[C@H]4/C=C\CCCCC[C@H](CC(=O)OC4(C)COC4)C(=O)N2C1)O3. The van der Waals surface area contributed by atoms with Crippen LogP contribution in [-0.4, -0.2) is 96.4 Å². The third kappa shape index (κ3) is 7.03. The molecule has 6 aliphatic rings. The van der Waals surface area contributed by atoms with E-state index in [9.17, 15) is 27.6 Å². The first-order valence-corrected chi connectivity index (χ1v) is 21.4. The first kappa shape index (κ1) is 38.6. The number of ether oxygens (including phenoxy) is 4. The number of allylic oxidation sites excluding steroid dienone is 1. The fraction of sp³-hybridized carbons (Fsp3) is 0.634. The molecule has 2 N–H and O–H groups in total. The standard InChI is InChI=1S/C41H52N4O10S/c1-25-34-29(30-19-28(52-4)12-13-31(30)42-25)14-15-40(55-34)21-32-35(47)43-41(37(49)44-56(50,51)39(3)16-17-39)20-27(41)11-9-7-5-6-8-10-26(36(48)45(32)22-40)18-33(46)54-38(2)23-53-24-38/h9,11-13,19,26-27,32H,5-8,10,14-18,20-24H2,1-4H3,(H,43,47)(H,44,49)/b11-9-/t26-,27-,32+,40-,41-/m1/s1. The molecule has 0 radical (unpaired) electrons. The Labute approximate surface area is 327 Å². The van der Waals surface area contributed by atoms with Gasteiger partial charge in [-0.3, -0.25) is 23.9 Å². The lowest BCUT2D eigenvalue weighted by Gasteiger charge is -2.38. The van der Waals surface area contributed by atoms with E-state index in [4.69, 9.17) is 23.9 Å². The van der Waals surface area contributed by atoms with Gasteiger partial charge in [-0.05, 0) is 90.3 Å². The Balaban J connectivity index is 1.13. The largest absolute Gasteiger partial charge is 0.497 e. The van der Waals surface area contributed by atoms with Gasteiger partial charge in [0.25, 0.3) is 5.91 Å². The van der Waals surface area contributed by atoms with Crippen molar-refractivity contribution in [1.29, 1.82) is 0 Å². The van der Waals surface area contributed by atoms with Gasteiger partial charge in [-0.1, -0.05) is 25.0 Å². The van der Waals surface area contributed by atoms with E-state index in [2.05, 4.69) is 10.0 Å². The van der Waals surface area contributed by atoms with Crippen molar-refractivity contribution in [3.8, 4) is 11.5 Å². The molecule has 5 atom stereocenters. The zero-order valence-corrected chi connectivity index (χ0v) is 33.4. The van der Waals surface area contributed by atoms with Crippen LogP contribution in [0.4, 0.5) is 0 Å². The van der Waals surface area contributed by atoms with Gasteiger partial charge in [0.2, 0.25) is 21.8 Å². The second-order valence-corrected chi connectivity index (χ2v) is 19.6. The van der Waals surface area contributed by atoms with Crippen molar-refractivity contribution in [1.82, 2.24) is 19.9 Å². The number of benzene rings is 1. The molecule has 0 unspecified atom stereocenters. The molecule has 1 aromatic heterocycles. The van der Waals surface area contributed by atoms with Crippen molar-refractivity contribution in [2.24, 2.45) is 11.8 Å². The molecule has 2 aliphatic carbocycles. The number of aromatic nitrogens is 1. The number of hydrogen-bond acceptors (Lipinski definition) is 11. The highest BCUT2D eigenvalue weighted by atomic mass is 32.2. The summed E-state index contributed by atoms with van der Waals surface area (Å²) in [4.78, 5) is 63.2. The summed E-state index contributed by atoms with van der Waals surface area (Å²) in [7, 11) is -2.38. The van der Waals surface area contributed by atoms with Gasteiger partial charge in [0.05, 0.1) is 49.2 Å². The Morgan fingerprint density at radius 3 is 2.59 bits per heavy atom. The van der Waals surface area contributed by atoms with Crippen LogP contribution in [0.15, 0.2) is 30.4 Å². The fourth-order valence-corrected chi connectivity index (χ4v) is 10.2. The minimum Gasteiger partial charge on any atom is -0.497 e. The average molecular weight is 793 g/mol. The highest BCUT2D eigenvalue weighted by Gasteiger charge is 2.64. The first-order chi connectivity index (χ1) is 26.6. The summed E-state index contributed by atoms with van der Waals surface area (Å²) in [5.74, 6) is -2.09. The third-order valence-corrected chi connectivity index (χ3v) is 15.0. The number of carbonyl (C=O) groups is 4. The average Bonchev–Trinajstić information content (AvgIpc) is 4.04. The zero-order valence-electron chi connectivity index (χ0n) is 32.6. The number of methoxy groups -OCH3 is 1. The topological polar surface area (TPSA) is 180 Å². The number of sulfonamides is 1. The van der Waals surface area contributed by atoms with Crippen molar-refractivity contribution in [3.05, 3.63) is 41.6 Å². The molecule has 3 amide bonds. The Kier molecular flexibility index (Phi) is 9.65. The number of fused-ring (bicyclic) bond motifs is 5. The van der Waals surface area contributed by atoms with E-state index in [1.807, 2.05) is 37.3 Å². The molecule has 1 aromatic carbocycles. The lowest BCUT2D eigenvalue weighted by Crippen LogP contribution is -2.57. The molecule has 2 saturated heterocycles. The highest BCUT2D eigenvalue weighted by Crippen LogP contribution is 2.49. The molecule has 1 spiro atoms. The highest BCUT2D eigenvalue weighted by molar-refractivity contribution is 7.91. The second kappa shape index (κ2) is 14.0. The second-order valence-electron chi connectivity index (χ2n) is 17.4. The molecule has 15 heteroatoms. The summed E-state index contributed by atoms with van der Waals surface area (Å²) >= 11 is 0. The molecule has 5 heterocycles. The maximum Gasteiger partial charge on any atom is 0.307 e.